The molecule has 0 aliphatic heterocycles. The molecule has 0 saturated carbocycles. The van der Waals surface area contributed by atoms with Crippen molar-refractivity contribution in [3.05, 3.63) is 46.3 Å². The van der Waals surface area contributed by atoms with E-state index in [1.54, 1.807) is 4.57 Å². The zero-order chi connectivity index (χ0) is 23.0. The number of anilines is 1. The van der Waals surface area contributed by atoms with Crippen molar-refractivity contribution >= 4 is 28.7 Å². The number of nitrogens with zero attached hydrogens (tertiary/aromatic N) is 4. The largest absolute Gasteiger partial charge is 0.382 e. The Kier molecular flexibility index (Phi) is 5.90. The van der Waals surface area contributed by atoms with Crippen LogP contribution in [0.25, 0.3) is 11.2 Å². The number of amides is 1. The Hall–Kier alpha value is -3.36. The van der Waals surface area contributed by atoms with E-state index in [4.69, 9.17) is 5.73 Å². The second-order valence-electron chi connectivity index (χ2n) is 8.43. The normalized spacial score (nSPS) is 13.2. The van der Waals surface area contributed by atoms with Gasteiger partial charge in [0.05, 0.1) is 0 Å². The SMILES string of the molecule is CCc1cc2c(cc1Cc1nc3c(N)nc(F)nc3n1CCC(=O)NC(C)C)C(=O)CC2. The Morgan fingerprint density at radius 2 is 2.00 bits per heavy atom. The highest BCUT2D eigenvalue weighted by Gasteiger charge is 2.23. The van der Waals surface area contributed by atoms with Gasteiger partial charge in [0.1, 0.15) is 5.82 Å². The summed E-state index contributed by atoms with van der Waals surface area (Å²) in [4.78, 5) is 36.6. The number of nitrogen functional groups attached to an aromatic ring is 1. The van der Waals surface area contributed by atoms with Crippen LogP contribution in [0.3, 0.4) is 0 Å². The van der Waals surface area contributed by atoms with E-state index in [9.17, 15) is 14.0 Å². The van der Waals surface area contributed by atoms with Gasteiger partial charge >= 0.3 is 6.08 Å². The Labute approximate surface area is 185 Å². The number of carbonyl (C=O) groups excluding carboxylic acids is 2. The van der Waals surface area contributed by atoms with Crippen molar-refractivity contribution in [2.24, 2.45) is 0 Å². The van der Waals surface area contributed by atoms with E-state index in [2.05, 4.69) is 33.3 Å². The summed E-state index contributed by atoms with van der Waals surface area (Å²) in [7, 11) is 0. The first kappa shape index (κ1) is 21.9. The van der Waals surface area contributed by atoms with Gasteiger partial charge in [0.15, 0.2) is 22.8 Å². The molecule has 0 unspecified atom stereocenters. The first-order valence-electron chi connectivity index (χ1n) is 10.9. The summed E-state index contributed by atoms with van der Waals surface area (Å²) < 4.78 is 15.7. The van der Waals surface area contributed by atoms with Crippen LogP contribution in [0.4, 0.5) is 10.2 Å². The van der Waals surface area contributed by atoms with Crippen LogP contribution in [-0.4, -0.2) is 37.3 Å². The van der Waals surface area contributed by atoms with Crippen molar-refractivity contribution in [2.45, 2.75) is 65.5 Å². The van der Waals surface area contributed by atoms with Crippen molar-refractivity contribution < 1.29 is 14.0 Å². The monoisotopic (exact) mass is 438 g/mol. The van der Waals surface area contributed by atoms with Gasteiger partial charge in [0, 0.05) is 37.4 Å². The molecule has 0 saturated heterocycles. The molecule has 1 amide bonds. The highest BCUT2D eigenvalue weighted by atomic mass is 19.1. The maximum atomic E-state index is 13.9. The number of benzene rings is 1. The number of fused-ring (bicyclic) bond motifs is 2. The number of aryl methyl sites for hydroxylation is 3. The number of imidazole rings is 1. The Balaban J connectivity index is 1.75. The zero-order valence-corrected chi connectivity index (χ0v) is 18.5. The molecule has 168 valence electrons. The van der Waals surface area contributed by atoms with Crippen LogP contribution in [0.5, 0.6) is 0 Å². The number of ketones is 1. The van der Waals surface area contributed by atoms with Gasteiger partial charge < -0.3 is 15.6 Å². The Bertz CT molecular complexity index is 1220. The fourth-order valence-electron chi connectivity index (χ4n) is 4.27. The molecule has 3 aromatic rings. The van der Waals surface area contributed by atoms with Gasteiger partial charge in [-0.2, -0.15) is 14.4 Å². The van der Waals surface area contributed by atoms with Crippen molar-refractivity contribution in [2.75, 3.05) is 5.73 Å². The fraction of sp³-hybridized carbons (Fsp3) is 0.435. The molecule has 0 bridgehead atoms. The third-order valence-corrected chi connectivity index (χ3v) is 5.76. The van der Waals surface area contributed by atoms with Crippen LogP contribution in [0.2, 0.25) is 0 Å². The second-order valence-corrected chi connectivity index (χ2v) is 8.43. The van der Waals surface area contributed by atoms with E-state index in [1.165, 1.54) is 0 Å². The lowest BCUT2D eigenvalue weighted by Crippen LogP contribution is -2.30. The first-order chi connectivity index (χ1) is 15.3. The van der Waals surface area contributed by atoms with Crippen LogP contribution in [0, 0.1) is 6.08 Å². The van der Waals surface area contributed by atoms with Crippen LogP contribution < -0.4 is 11.1 Å². The summed E-state index contributed by atoms with van der Waals surface area (Å²) >= 11 is 0. The van der Waals surface area contributed by atoms with Gasteiger partial charge in [0.2, 0.25) is 5.91 Å². The highest BCUT2D eigenvalue weighted by molar-refractivity contribution is 6.00. The second kappa shape index (κ2) is 8.64. The molecule has 2 heterocycles. The third kappa shape index (κ3) is 4.19. The summed E-state index contributed by atoms with van der Waals surface area (Å²) in [5.74, 6) is 0.593. The highest BCUT2D eigenvalue weighted by Crippen LogP contribution is 2.28. The fourth-order valence-corrected chi connectivity index (χ4v) is 4.27. The van der Waals surface area contributed by atoms with Gasteiger partial charge in [-0.15, -0.1) is 0 Å². The lowest BCUT2D eigenvalue weighted by Gasteiger charge is -2.13. The summed E-state index contributed by atoms with van der Waals surface area (Å²) in [6, 6.07) is 4.08. The van der Waals surface area contributed by atoms with E-state index in [-0.39, 0.29) is 42.2 Å². The minimum Gasteiger partial charge on any atom is -0.382 e. The van der Waals surface area contributed by atoms with Crippen LogP contribution in [0.15, 0.2) is 12.1 Å². The molecule has 1 aromatic carbocycles. The van der Waals surface area contributed by atoms with Gasteiger partial charge in [-0.05, 0) is 49.4 Å². The molecule has 9 heteroatoms. The summed E-state index contributed by atoms with van der Waals surface area (Å²) in [5.41, 5.74) is 10.5. The summed E-state index contributed by atoms with van der Waals surface area (Å²) in [5, 5.41) is 2.85. The van der Waals surface area contributed by atoms with E-state index in [0.717, 1.165) is 35.1 Å². The summed E-state index contributed by atoms with van der Waals surface area (Å²) in [6.07, 6.45) is 1.78. The maximum Gasteiger partial charge on any atom is 0.312 e. The number of Topliss-reactive ketones (excluding diaryl/α,β-unsaturated/α-hetero) is 1. The Morgan fingerprint density at radius 3 is 2.72 bits per heavy atom. The average molecular weight is 439 g/mol. The van der Waals surface area contributed by atoms with E-state index in [1.807, 2.05) is 19.9 Å². The average Bonchev–Trinajstić information content (AvgIpc) is 3.25. The molecule has 1 aliphatic rings. The number of halogens is 1. The number of hydrogen-bond acceptors (Lipinski definition) is 6. The van der Waals surface area contributed by atoms with Crippen molar-refractivity contribution in [1.82, 2.24) is 24.8 Å². The lowest BCUT2D eigenvalue weighted by molar-refractivity contribution is -0.121. The van der Waals surface area contributed by atoms with Crippen LogP contribution in [0.1, 0.15) is 66.5 Å². The molecule has 0 radical (unpaired) electrons. The number of rotatable bonds is 7. The number of carbonyl (C=O) groups is 2. The van der Waals surface area contributed by atoms with Gasteiger partial charge in [-0.25, -0.2) is 4.98 Å². The van der Waals surface area contributed by atoms with Gasteiger partial charge in [-0.1, -0.05) is 13.0 Å². The number of hydrogen-bond donors (Lipinski definition) is 2. The zero-order valence-electron chi connectivity index (χ0n) is 18.5. The first-order valence-corrected chi connectivity index (χ1v) is 10.9. The van der Waals surface area contributed by atoms with E-state index in [0.29, 0.717) is 24.2 Å². The molecule has 8 nitrogen and oxygen atoms in total. The molecular weight excluding hydrogens is 411 g/mol. The predicted molar refractivity (Wildman–Crippen MR) is 119 cm³/mol. The van der Waals surface area contributed by atoms with Crippen molar-refractivity contribution in [3.8, 4) is 0 Å². The van der Waals surface area contributed by atoms with Crippen molar-refractivity contribution in [1.29, 1.82) is 0 Å². The van der Waals surface area contributed by atoms with Crippen LogP contribution in [-0.2, 0) is 30.6 Å². The van der Waals surface area contributed by atoms with E-state index >= 15 is 0 Å². The number of nitrogens with two attached hydrogens (primary N) is 1. The standard InChI is InChI=1S/C23H27FN6O2/c1-4-13-9-14-5-6-17(31)16(14)10-15(13)11-18-27-20-21(25)28-23(24)29-22(20)30(18)8-7-19(32)26-12(2)3/h9-10,12H,4-8,11H2,1-3H3,(H,26,32)(H2,25,28,29). The topological polar surface area (TPSA) is 116 Å². The minimum absolute atomic E-state index is 0.0213. The molecular formula is C23H27FN6O2. The number of aromatic nitrogens is 4. The minimum atomic E-state index is -0.938. The predicted octanol–water partition coefficient (Wildman–Crippen LogP) is 2.74. The third-order valence-electron chi connectivity index (χ3n) is 5.76. The van der Waals surface area contributed by atoms with Crippen LogP contribution >= 0.6 is 0 Å². The molecule has 0 spiro atoms. The van der Waals surface area contributed by atoms with Crippen molar-refractivity contribution in [3.63, 3.8) is 0 Å². The molecule has 3 N–H and O–H groups in total. The molecule has 0 atom stereocenters. The lowest BCUT2D eigenvalue weighted by atomic mass is 9.96. The van der Waals surface area contributed by atoms with Gasteiger partial charge in [0.25, 0.3) is 0 Å². The molecule has 2 aromatic heterocycles. The number of nitrogens with one attached hydrogen (secondary N) is 1. The molecule has 4 rings (SSSR count). The van der Waals surface area contributed by atoms with E-state index < -0.39 is 6.08 Å². The maximum absolute atomic E-state index is 13.9. The quantitative estimate of drug-likeness (QED) is 0.548. The Morgan fingerprint density at radius 1 is 1.22 bits per heavy atom. The molecule has 0 fully saturated rings. The summed E-state index contributed by atoms with van der Waals surface area (Å²) in [6.45, 7) is 6.12. The smallest absolute Gasteiger partial charge is 0.312 e. The molecule has 1 aliphatic carbocycles. The van der Waals surface area contributed by atoms with Gasteiger partial charge in [-0.3, -0.25) is 9.59 Å². The molecule has 32 heavy (non-hydrogen) atoms.